The molecule has 0 saturated carbocycles. The van der Waals surface area contributed by atoms with E-state index in [1.54, 1.807) is 0 Å². The van der Waals surface area contributed by atoms with Gasteiger partial charge in [-0.1, -0.05) is 327 Å². The second-order valence-corrected chi connectivity index (χ2v) is 29.5. The zero-order valence-electron chi connectivity index (χ0n) is 83.4. The molecular weight excluding hydrogens is 1430 g/mol. The van der Waals surface area contributed by atoms with Gasteiger partial charge >= 0.3 is 0 Å². The quantitative estimate of drug-likeness (QED) is 0.135. The highest BCUT2D eigenvalue weighted by Crippen LogP contribution is 2.53. The number of rotatable bonds is 9. The first-order chi connectivity index (χ1) is 67.3. The van der Waals surface area contributed by atoms with Gasteiger partial charge in [0.1, 0.15) is 33.5 Å². The summed E-state index contributed by atoms with van der Waals surface area (Å²) in [5.41, 5.74) is 15.1. The zero-order chi connectivity index (χ0) is 95.7. The third-order valence-electron chi connectivity index (χ3n) is 23.2. The molecule has 4 aromatic heterocycles. The molecular formula is C114H69NO3. The molecule has 4 heterocycles. The van der Waals surface area contributed by atoms with Crippen molar-refractivity contribution in [3.8, 4) is 94.7 Å². The number of aromatic nitrogens is 1. The number of para-hydroxylation sites is 5. The molecule has 0 spiro atoms. The number of hydrogen-bond acceptors (Lipinski definition) is 3. The van der Waals surface area contributed by atoms with Crippen molar-refractivity contribution in [3.05, 3.63) is 418 Å². The lowest BCUT2D eigenvalue weighted by Gasteiger charge is -2.20. The highest BCUT2D eigenvalue weighted by atomic mass is 16.3. The van der Waals surface area contributed by atoms with E-state index in [9.17, 15) is 11.0 Å². The third kappa shape index (κ3) is 10.6. The van der Waals surface area contributed by atoms with Gasteiger partial charge in [-0.15, -0.1) is 0 Å². The average molecular weight is 1520 g/mol. The molecule has 25 rings (SSSR count). The van der Waals surface area contributed by atoms with Crippen LogP contribution in [-0.2, 0) is 0 Å². The van der Waals surface area contributed by atoms with Crippen molar-refractivity contribution < 1.29 is 42.0 Å². The van der Waals surface area contributed by atoms with Crippen LogP contribution in [0.15, 0.2) is 431 Å². The summed E-state index contributed by atoms with van der Waals surface area (Å²) in [6, 6.07) is 83.6. The molecule has 0 unspecified atom stereocenters. The third-order valence-corrected chi connectivity index (χ3v) is 23.2. The molecule has 4 nitrogen and oxygen atoms in total. The number of fused-ring (bicyclic) bond motifs is 18. The Kier molecular flexibility index (Phi) is 11.3. The molecule has 25 aromatic rings. The molecule has 21 aromatic carbocycles. The van der Waals surface area contributed by atoms with E-state index in [4.69, 9.17) is 31.1 Å². The van der Waals surface area contributed by atoms with E-state index in [2.05, 4.69) is 59.2 Å². The Bertz CT molecular complexity index is 9630. The first-order valence-corrected chi connectivity index (χ1v) is 38.8. The van der Waals surface area contributed by atoms with Crippen LogP contribution in [0.2, 0.25) is 0 Å². The summed E-state index contributed by atoms with van der Waals surface area (Å²) in [5, 5.41) is 10.6. The summed E-state index contributed by atoms with van der Waals surface area (Å²) in [4.78, 5) is 0. The van der Waals surface area contributed by atoms with Crippen molar-refractivity contribution in [2.24, 2.45) is 0 Å². The van der Waals surface area contributed by atoms with Crippen LogP contribution in [0, 0.1) is 0 Å². The van der Waals surface area contributed by atoms with Gasteiger partial charge in [-0.3, -0.25) is 0 Å². The lowest BCUT2D eigenvalue weighted by molar-refractivity contribution is 0.668. The maximum atomic E-state index is 9.71. The largest absolute Gasteiger partial charge is 0.456 e. The van der Waals surface area contributed by atoms with Crippen LogP contribution < -0.4 is 0 Å². The van der Waals surface area contributed by atoms with E-state index in [1.807, 2.05) is 237 Å². The minimum absolute atomic E-state index is 0.0540. The van der Waals surface area contributed by atoms with Gasteiger partial charge in [0.15, 0.2) is 0 Å². The number of hydrogen-bond donors (Lipinski definition) is 0. The summed E-state index contributed by atoms with van der Waals surface area (Å²) in [5.74, 6) is 0. The Balaban J connectivity index is 0.000000153. The lowest BCUT2D eigenvalue weighted by Crippen LogP contribution is -1.94. The van der Waals surface area contributed by atoms with Gasteiger partial charge in [0.05, 0.1) is 39.8 Å². The Labute approximate surface area is 708 Å². The molecule has 4 heteroatoms. The predicted molar refractivity (Wildman–Crippen MR) is 498 cm³/mol. The van der Waals surface area contributed by atoms with Crippen LogP contribution in [0.5, 0.6) is 0 Å². The Morgan fingerprint density at radius 2 is 0.602 bits per heavy atom. The second kappa shape index (κ2) is 27.0. The van der Waals surface area contributed by atoms with Crippen LogP contribution >= 0.6 is 0 Å². The Morgan fingerprint density at radius 1 is 0.186 bits per heavy atom. The summed E-state index contributed by atoms with van der Waals surface area (Å²) in [7, 11) is 0. The van der Waals surface area contributed by atoms with Crippen molar-refractivity contribution >= 4 is 152 Å². The fourth-order valence-electron chi connectivity index (χ4n) is 18.2. The SMILES string of the molecule is [2H]c1c([2H])c([2H])c(-c2c3c([2H])c([2H])c([2H])c([2H])c3c(-c3cc(-c4ccc5oc6ccccc6c5c4-c4ccc5c6ccccc6n(-c6ccccc6)c5c4)cc4ccccc34)c3c([2H])c([2H])c([2H])c([2H])c23)c([2H])c1[2H].[2H]c1c([2H])c([2H])c2c(-c3ccc4ccccc4c3)c3c([2H])c([2H])c([2H])c([2H])c3c(-c3cccc(-c4c(-c5ccc6c(c5)oc5ccccc56)ccc5oc6ccccc6c45)c3)c2c1[2H]. The van der Waals surface area contributed by atoms with E-state index in [1.165, 1.54) is 0 Å². The van der Waals surface area contributed by atoms with Gasteiger partial charge in [-0.2, -0.15) is 0 Å². The molecule has 548 valence electrons. The van der Waals surface area contributed by atoms with Gasteiger partial charge in [-0.05, 0) is 234 Å². The van der Waals surface area contributed by atoms with Crippen molar-refractivity contribution in [1.82, 2.24) is 4.57 Å². The first-order valence-electron chi connectivity index (χ1n) is 49.3. The molecule has 0 bridgehead atoms. The van der Waals surface area contributed by atoms with Crippen molar-refractivity contribution in [1.29, 1.82) is 0 Å². The normalized spacial score (nSPS) is 14.4. The van der Waals surface area contributed by atoms with E-state index in [0.29, 0.717) is 60.9 Å². The average Bonchev–Trinajstić information content (AvgIpc) is 0.967. The molecule has 0 fully saturated rings. The number of nitrogens with zero attached hydrogens (tertiary/aromatic N) is 1. The molecule has 0 radical (unpaired) electrons. The maximum absolute atomic E-state index is 9.71. The summed E-state index contributed by atoms with van der Waals surface area (Å²) < 4.78 is 214. The topological polar surface area (TPSA) is 44.4 Å². The zero-order valence-corrected chi connectivity index (χ0v) is 62.4. The fourth-order valence-corrected chi connectivity index (χ4v) is 18.2. The predicted octanol–water partition coefficient (Wildman–Crippen LogP) is 32.4. The van der Waals surface area contributed by atoms with Gasteiger partial charge in [-0.25, -0.2) is 0 Å². The Morgan fingerprint density at radius 3 is 1.22 bits per heavy atom. The molecule has 0 saturated heterocycles. The summed E-state index contributed by atoms with van der Waals surface area (Å²) >= 11 is 0. The standard InChI is InChI=1S/C60H37NO.C54H32O2/c1-3-17-38(18-4-1)57-47-24-9-11-26-49(47)59(50-27-12-10-25-48(50)57)52-36-41(35-39-19-7-8-22-43(39)52)44-33-34-56-60(51-28-14-16-30-55(51)62-56)58(44)40-31-32-46-45-23-13-15-29-53(45)61(54(46)37-40)42-20-5-2-6-21-42;1-2-13-34-30-38(25-24-33(34)12-1)52-44-19-5-3-17-42(44)51(43-18-4-6-20-45(43)52)36-14-11-15-37(31-36)53-39(28-29-49-54(53)46-21-8-10-23-48(46)55-49)35-26-27-41-40-16-7-9-22-47(40)56-50(41)32-35/h1-37H;1-32H/i1D,3D,4D,9D,10D,11D,12D,17D,18D,24D,25D,26D,27D;3D,4D,5D,6D,17D,18D,19D,20D. The van der Waals surface area contributed by atoms with Crippen molar-refractivity contribution in [2.45, 2.75) is 0 Å². The van der Waals surface area contributed by atoms with E-state index < -0.39 is 108 Å². The highest BCUT2D eigenvalue weighted by molar-refractivity contribution is 6.27. The lowest BCUT2D eigenvalue weighted by atomic mass is 9.83. The highest BCUT2D eigenvalue weighted by Gasteiger charge is 2.27. The molecule has 0 amide bonds. The van der Waals surface area contributed by atoms with Gasteiger partial charge in [0.2, 0.25) is 0 Å². The smallest absolute Gasteiger partial charge is 0.136 e. The summed E-state index contributed by atoms with van der Waals surface area (Å²) in [6.07, 6.45) is 0. The first kappa shape index (κ1) is 49.1. The molecule has 0 aliphatic carbocycles. The van der Waals surface area contributed by atoms with Crippen LogP contribution in [-0.4, -0.2) is 4.57 Å². The number of furan rings is 3. The minimum Gasteiger partial charge on any atom is -0.456 e. The van der Waals surface area contributed by atoms with E-state index >= 15 is 0 Å². The monoisotopic (exact) mass is 1520 g/mol. The van der Waals surface area contributed by atoms with E-state index in [-0.39, 0.29) is 83.9 Å². The van der Waals surface area contributed by atoms with Crippen molar-refractivity contribution in [2.75, 3.05) is 0 Å². The Hall–Kier alpha value is -15.6. The summed E-state index contributed by atoms with van der Waals surface area (Å²) in [6.45, 7) is 0. The van der Waals surface area contributed by atoms with Crippen LogP contribution in [0.1, 0.15) is 28.8 Å². The fraction of sp³-hybridized carbons (Fsp3) is 0. The maximum Gasteiger partial charge on any atom is 0.136 e. The molecule has 0 N–H and O–H groups in total. The molecule has 118 heavy (non-hydrogen) atoms. The second-order valence-electron chi connectivity index (χ2n) is 29.5. The van der Waals surface area contributed by atoms with Gasteiger partial charge in [0.25, 0.3) is 0 Å². The van der Waals surface area contributed by atoms with E-state index in [0.717, 1.165) is 121 Å². The molecule has 0 aliphatic heterocycles. The van der Waals surface area contributed by atoms with Crippen LogP contribution in [0.25, 0.3) is 247 Å². The minimum atomic E-state index is -0.726. The van der Waals surface area contributed by atoms with Crippen LogP contribution in [0.3, 0.4) is 0 Å². The molecule has 0 atom stereocenters. The molecule has 0 aliphatic rings. The van der Waals surface area contributed by atoms with Crippen molar-refractivity contribution in [3.63, 3.8) is 0 Å². The van der Waals surface area contributed by atoms with Crippen LogP contribution in [0.4, 0.5) is 0 Å². The van der Waals surface area contributed by atoms with Gasteiger partial charge < -0.3 is 17.8 Å². The van der Waals surface area contributed by atoms with Gasteiger partial charge in [0, 0.05) is 59.9 Å². The number of benzene rings is 21.